The molecule has 3 saturated carbocycles. The van der Waals surface area contributed by atoms with E-state index in [1.807, 2.05) is 0 Å². The van der Waals surface area contributed by atoms with E-state index >= 15 is 0 Å². The van der Waals surface area contributed by atoms with Crippen LogP contribution in [0.1, 0.15) is 114 Å². The number of hydrogen-bond acceptors (Lipinski definition) is 23. The van der Waals surface area contributed by atoms with Gasteiger partial charge in [-0.1, -0.05) is 53.2 Å². The van der Waals surface area contributed by atoms with E-state index in [1.54, 1.807) is 13.8 Å². The van der Waals surface area contributed by atoms with E-state index in [2.05, 4.69) is 47.6 Å². The Kier molecular flexibility index (Phi) is 18.6. The molecule has 0 amide bonds. The Morgan fingerprint density at radius 1 is 0.597 bits per heavy atom. The van der Waals surface area contributed by atoms with E-state index in [4.69, 9.17) is 37.9 Å². The SMILES string of the molecule is CC1O[C@H](O[C@H]2[C@H](O)[C@@H](O)[C@H](O[C@H]3CCC4C(=CCC5[C@@]4(C)[C@H](O)C[C@]4(C)C([C@H](C)CC[C@@H](O[C@@H]6O[C@H](CO)[C@@H](O)[C@H](O)[C@H]6O[C@@H]6O[C@H](CO)[C@@H](O)[C@H](O)[C@H]6O)C(C)(C)O)CC[C@@]54C)C3(C)C)O[C@@H]2CO)[C@H](O)[C@@H](O)[C@@H]1O. The van der Waals surface area contributed by atoms with E-state index in [0.29, 0.717) is 32.1 Å². The molecule has 7 fully saturated rings. The Morgan fingerprint density at radius 2 is 1.12 bits per heavy atom. The fourth-order valence-corrected chi connectivity index (χ4v) is 15.7. The van der Waals surface area contributed by atoms with Crippen molar-refractivity contribution in [3.63, 3.8) is 0 Å². The molecule has 23 heteroatoms. The molecule has 0 aromatic heterocycles. The van der Waals surface area contributed by atoms with E-state index in [0.717, 1.165) is 18.4 Å². The van der Waals surface area contributed by atoms with Crippen molar-refractivity contribution in [2.24, 2.45) is 45.3 Å². The first-order chi connectivity index (χ1) is 35.9. The number of aliphatic hydroxyl groups excluding tert-OH is 14. The Balaban J connectivity index is 0.943. The van der Waals surface area contributed by atoms with Crippen LogP contribution < -0.4 is 0 Å². The van der Waals surface area contributed by atoms with E-state index in [1.165, 1.54) is 6.92 Å². The first-order valence-electron chi connectivity index (χ1n) is 27.9. The summed E-state index contributed by atoms with van der Waals surface area (Å²) in [5, 5.41) is 162. The Morgan fingerprint density at radius 3 is 1.73 bits per heavy atom. The zero-order valence-corrected chi connectivity index (χ0v) is 45.9. The molecule has 446 valence electrons. The molecule has 8 rings (SSSR count). The lowest BCUT2D eigenvalue weighted by atomic mass is 9.38. The quantitative estimate of drug-likeness (QED) is 0.0729. The van der Waals surface area contributed by atoms with Crippen molar-refractivity contribution in [1.82, 2.24) is 0 Å². The van der Waals surface area contributed by atoms with Gasteiger partial charge in [-0.05, 0) is 107 Å². The first kappa shape index (κ1) is 61.9. The van der Waals surface area contributed by atoms with Crippen molar-refractivity contribution in [1.29, 1.82) is 0 Å². The molecule has 8 aliphatic rings. The van der Waals surface area contributed by atoms with Crippen molar-refractivity contribution in [3.05, 3.63) is 11.6 Å². The second-order valence-electron chi connectivity index (χ2n) is 25.8. The third-order valence-electron chi connectivity index (χ3n) is 20.8. The fraction of sp³-hybridized carbons (Fsp3) is 0.963. The van der Waals surface area contributed by atoms with Crippen molar-refractivity contribution in [2.45, 2.75) is 260 Å². The summed E-state index contributed by atoms with van der Waals surface area (Å²) >= 11 is 0. The fourth-order valence-electron chi connectivity index (χ4n) is 15.7. The summed E-state index contributed by atoms with van der Waals surface area (Å²) in [6.07, 6.45) is -25.6. The topological polar surface area (TPSA) is 377 Å². The summed E-state index contributed by atoms with van der Waals surface area (Å²) in [4.78, 5) is 0. The zero-order chi connectivity index (χ0) is 56.8. The Labute approximate surface area is 450 Å². The minimum atomic E-state index is -1.85. The smallest absolute Gasteiger partial charge is 0.187 e. The minimum Gasteiger partial charge on any atom is -0.394 e. The van der Waals surface area contributed by atoms with Crippen LogP contribution in [0.2, 0.25) is 0 Å². The molecular weight excluding hydrogens is 1020 g/mol. The van der Waals surface area contributed by atoms with Crippen molar-refractivity contribution < 1.29 is 114 Å². The maximum Gasteiger partial charge on any atom is 0.187 e. The third-order valence-corrected chi connectivity index (χ3v) is 20.8. The van der Waals surface area contributed by atoms with Crippen LogP contribution in [0.5, 0.6) is 0 Å². The number of allylic oxidation sites excluding steroid dienone is 1. The van der Waals surface area contributed by atoms with Gasteiger partial charge in [-0.3, -0.25) is 0 Å². The van der Waals surface area contributed by atoms with Crippen molar-refractivity contribution in [3.8, 4) is 0 Å². The molecule has 0 aromatic rings. The highest BCUT2D eigenvalue weighted by molar-refractivity contribution is 5.32. The predicted molar refractivity (Wildman–Crippen MR) is 266 cm³/mol. The maximum absolute atomic E-state index is 12.7. The van der Waals surface area contributed by atoms with Gasteiger partial charge < -0.3 is 114 Å². The number of aliphatic hydroxyl groups is 15. The monoisotopic (exact) mass is 1110 g/mol. The normalized spacial score (nSPS) is 51.9. The summed E-state index contributed by atoms with van der Waals surface area (Å²) in [7, 11) is 0. The maximum atomic E-state index is 12.7. The van der Waals surface area contributed by atoms with Crippen LogP contribution in [0.15, 0.2) is 11.6 Å². The van der Waals surface area contributed by atoms with Crippen LogP contribution in [-0.2, 0) is 37.9 Å². The van der Waals surface area contributed by atoms with E-state index in [9.17, 15) is 76.6 Å². The van der Waals surface area contributed by atoms with Gasteiger partial charge in [-0.2, -0.15) is 0 Å². The Bertz CT molecular complexity index is 2010. The molecule has 0 spiro atoms. The predicted octanol–water partition coefficient (Wildman–Crippen LogP) is -2.20. The largest absolute Gasteiger partial charge is 0.394 e. The summed E-state index contributed by atoms with van der Waals surface area (Å²) in [5.41, 5.74) is -2.03. The molecular formula is C54H92O23. The standard InChI is InChI=1S/C54H92O23/c1-22(10-14-33(51(5,6)69)75-49-45(39(64)36(61)28(20-56)72-49)77-48-42(67)38(63)35(60)27(19-55)71-48)24-16-17-52(7)30-13-11-25-26(54(30,9)31(58)18-53(24,52)8)12-15-32(50(25,3)4)74-47-43(68)40(65)44(29(21-57)73-47)76-46-41(66)37(62)34(59)23(2)70-46/h11,22-24,26-49,55-69H,10,12-21H2,1-9H3/t22-,23?,24?,26?,27-,28-,29-,30?,31-,32+,33-,34-,35-,36-,37+,38+,39+,40-,41-,42-,43-,44-,45-,46-,47+,48+,49+,52+,53-,54+/m1/s1. The number of rotatable bonds is 16. The first-order valence-corrected chi connectivity index (χ1v) is 27.9. The molecule has 4 aliphatic heterocycles. The molecule has 4 unspecified atom stereocenters. The van der Waals surface area contributed by atoms with Gasteiger partial charge in [0, 0.05) is 10.8 Å². The average molecular weight is 1110 g/mol. The van der Waals surface area contributed by atoms with Gasteiger partial charge in [-0.25, -0.2) is 0 Å². The second-order valence-corrected chi connectivity index (χ2v) is 25.8. The van der Waals surface area contributed by atoms with Crippen LogP contribution in [0.3, 0.4) is 0 Å². The highest BCUT2D eigenvalue weighted by atomic mass is 16.8. The van der Waals surface area contributed by atoms with Crippen LogP contribution >= 0.6 is 0 Å². The van der Waals surface area contributed by atoms with Crippen LogP contribution in [0.25, 0.3) is 0 Å². The van der Waals surface area contributed by atoms with E-state index < -0.39 is 177 Å². The summed E-state index contributed by atoms with van der Waals surface area (Å²) in [6, 6.07) is 0. The second kappa shape index (κ2) is 23.1. The third kappa shape index (κ3) is 10.8. The number of hydrogen-bond donors (Lipinski definition) is 15. The molecule has 4 aliphatic carbocycles. The lowest BCUT2D eigenvalue weighted by Gasteiger charge is -2.67. The molecule has 15 N–H and O–H groups in total. The zero-order valence-electron chi connectivity index (χ0n) is 45.9. The van der Waals surface area contributed by atoms with Gasteiger partial charge in [0.25, 0.3) is 0 Å². The summed E-state index contributed by atoms with van der Waals surface area (Å²) < 4.78 is 47.8. The molecule has 77 heavy (non-hydrogen) atoms. The van der Waals surface area contributed by atoms with Crippen LogP contribution in [0.4, 0.5) is 0 Å². The number of fused-ring (bicyclic) bond motifs is 5. The van der Waals surface area contributed by atoms with Crippen molar-refractivity contribution >= 4 is 0 Å². The summed E-state index contributed by atoms with van der Waals surface area (Å²) in [5.74, 6) is 0.288. The Hall–Kier alpha value is -1.18. The highest BCUT2D eigenvalue weighted by Gasteiger charge is 2.70. The molecule has 0 radical (unpaired) electrons. The number of ether oxygens (including phenoxy) is 8. The lowest BCUT2D eigenvalue weighted by molar-refractivity contribution is -0.375. The highest BCUT2D eigenvalue weighted by Crippen LogP contribution is 2.75. The van der Waals surface area contributed by atoms with Crippen LogP contribution in [-0.4, -0.2) is 243 Å². The lowest BCUT2D eigenvalue weighted by Crippen LogP contribution is -2.65. The van der Waals surface area contributed by atoms with Gasteiger partial charge in [0.15, 0.2) is 25.2 Å². The molecule has 0 bridgehead atoms. The van der Waals surface area contributed by atoms with Gasteiger partial charge in [-0.15, -0.1) is 0 Å². The van der Waals surface area contributed by atoms with Gasteiger partial charge >= 0.3 is 0 Å². The van der Waals surface area contributed by atoms with Gasteiger partial charge in [0.2, 0.25) is 0 Å². The van der Waals surface area contributed by atoms with Gasteiger partial charge in [0.05, 0.1) is 49.8 Å². The van der Waals surface area contributed by atoms with Crippen molar-refractivity contribution in [2.75, 3.05) is 19.8 Å². The molecule has 23 nitrogen and oxygen atoms in total. The molecule has 30 atom stereocenters. The van der Waals surface area contributed by atoms with Gasteiger partial charge in [0.1, 0.15) is 91.6 Å². The minimum absolute atomic E-state index is 0.0156. The average Bonchev–Trinajstić information content (AvgIpc) is 3.95. The van der Waals surface area contributed by atoms with Crippen LogP contribution in [0, 0.1) is 45.3 Å². The molecule has 0 aromatic carbocycles. The molecule has 4 saturated heterocycles. The molecule has 4 heterocycles. The van der Waals surface area contributed by atoms with E-state index in [-0.39, 0.29) is 40.9 Å². The summed E-state index contributed by atoms with van der Waals surface area (Å²) in [6.45, 7) is 15.7.